The normalized spacial score (nSPS) is 21.2. The maximum atomic E-state index is 13.0. The number of rotatable bonds is 4. The van der Waals surface area contributed by atoms with Crippen LogP contribution in [0.3, 0.4) is 0 Å². The fourth-order valence-corrected chi connectivity index (χ4v) is 1.82. The van der Waals surface area contributed by atoms with Crippen molar-refractivity contribution in [2.24, 2.45) is 5.92 Å². The van der Waals surface area contributed by atoms with Gasteiger partial charge in [0.1, 0.15) is 23.3 Å². The molecule has 0 saturated heterocycles. The first kappa shape index (κ1) is 14.6. The lowest BCUT2D eigenvalue weighted by atomic mass is 10.2. The second kappa shape index (κ2) is 5.69. The van der Waals surface area contributed by atoms with E-state index in [0.717, 1.165) is 6.42 Å². The summed E-state index contributed by atoms with van der Waals surface area (Å²) in [5.74, 6) is 0.465. The molecule has 1 amide bonds. The van der Waals surface area contributed by atoms with Crippen molar-refractivity contribution in [2.45, 2.75) is 38.9 Å². The maximum absolute atomic E-state index is 13.0. The topological polar surface area (TPSA) is 47.6 Å². The fourth-order valence-electron chi connectivity index (χ4n) is 1.82. The van der Waals surface area contributed by atoms with Crippen LogP contribution in [0, 0.1) is 11.7 Å². The highest BCUT2D eigenvalue weighted by Gasteiger charge is 2.39. The number of carbonyl (C=O) groups excluding carboxylic acids is 1. The number of carbonyl (C=O) groups is 1. The molecule has 1 aromatic carbocycles. The van der Waals surface area contributed by atoms with E-state index in [1.807, 2.05) is 20.8 Å². The van der Waals surface area contributed by atoms with Crippen molar-refractivity contribution in [3.8, 4) is 5.75 Å². The van der Waals surface area contributed by atoms with Crippen LogP contribution in [0.1, 0.15) is 27.2 Å². The predicted octanol–water partition coefficient (Wildman–Crippen LogP) is 3.12. The molecular weight excluding hydrogens is 261 g/mol. The first-order valence-corrected chi connectivity index (χ1v) is 6.72. The Bertz CT molecular complexity index is 484. The van der Waals surface area contributed by atoms with E-state index in [0.29, 0.717) is 12.3 Å². The number of ether oxygens (including phenoxy) is 2. The van der Waals surface area contributed by atoms with Gasteiger partial charge in [0.25, 0.3) is 0 Å². The van der Waals surface area contributed by atoms with E-state index in [1.165, 1.54) is 12.1 Å². The summed E-state index contributed by atoms with van der Waals surface area (Å²) >= 11 is 0. The van der Waals surface area contributed by atoms with Crippen LogP contribution in [0.2, 0.25) is 0 Å². The second-order valence-electron chi connectivity index (χ2n) is 5.99. The van der Waals surface area contributed by atoms with Crippen molar-refractivity contribution >= 4 is 6.09 Å². The van der Waals surface area contributed by atoms with Gasteiger partial charge in [0.2, 0.25) is 0 Å². The van der Waals surface area contributed by atoms with Gasteiger partial charge >= 0.3 is 6.09 Å². The molecule has 0 heterocycles. The van der Waals surface area contributed by atoms with Crippen LogP contribution in [0.5, 0.6) is 5.75 Å². The van der Waals surface area contributed by atoms with Crippen LogP contribution in [-0.4, -0.2) is 24.3 Å². The van der Waals surface area contributed by atoms with Crippen LogP contribution in [0.4, 0.5) is 9.18 Å². The maximum Gasteiger partial charge on any atom is 0.407 e. The molecule has 1 N–H and O–H groups in total. The number of hydrogen-bond donors (Lipinski definition) is 1. The molecular formula is C15H20FNO3. The highest BCUT2D eigenvalue weighted by molar-refractivity contribution is 5.67. The molecule has 0 spiro atoms. The molecule has 1 fully saturated rings. The third-order valence-corrected chi connectivity index (χ3v) is 2.85. The SMILES string of the molecule is CC(C)(C)OC(=O)NCC1CC1Oc1cccc(F)c1. The number of nitrogens with one attached hydrogen (secondary N) is 1. The minimum absolute atomic E-state index is 0.0340. The van der Waals surface area contributed by atoms with Gasteiger partial charge in [-0.15, -0.1) is 0 Å². The summed E-state index contributed by atoms with van der Waals surface area (Å²) in [5.41, 5.74) is -0.495. The van der Waals surface area contributed by atoms with Crippen molar-refractivity contribution in [3.05, 3.63) is 30.1 Å². The average Bonchev–Trinajstić information content (AvgIpc) is 3.02. The molecule has 1 aromatic rings. The smallest absolute Gasteiger partial charge is 0.407 e. The zero-order valence-electron chi connectivity index (χ0n) is 12.0. The molecule has 1 aliphatic rings. The van der Waals surface area contributed by atoms with Gasteiger partial charge in [-0.05, 0) is 39.3 Å². The lowest BCUT2D eigenvalue weighted by Crippen LogP contribution is -2.34. The third-order valence-electron chi connectivity index (χ3n) is 2.85. The van der Waals surface area contributed by atoms with Crippen molar-refractivity contribution in [2.75, 3.05) is 6.54 Å². The van der Waals surface area contributed by atoms with Gasteiger partial charge in [-0.2, -0.15) is 0 Å². The van der Waals surface area contributed by atoms with E-state index >= 15 is 0 Å². The van der Waals surface area contributed by atoms with Crippen molar-refractivity contribution < 1.29 is 18.7 Å². The molecule has 2 unspecified atom stereocenters. The number of halogens is 1. The molecule has 1 aliphatic carbocycles. The first-order chi connectivity index (χ1) is 9.33. The van der Waals surface area contributed by atoms with Crippen LogP contribution in [0.25, 0.3) is 0 Å². The summed E-state index contributed by atoms with van der Waals surface area (Å²) < 4.78 is 23.8. The van der Waals surface area contributed by atoms with E-state index in [9.17, 15) is 9.18 Å². The Balaban J connectivity index is 1.70. The molecule has 0 bridgehead atoms. The summed E-state index contributed by atoms with van der Waals surface area (Å²) in [4.78, 5) is 11.5. The van der Waals surface area contributed by atoms with Crippen LogP contribution in [0.15, 0.2) is 24.3 Å². The Kier molecular flexibility index (Phi) is 4.16. The highest BCUT2D eigenvalue weighted by Crippen LogP contribution is 2.34. The highest BCUT2D eigenvalue weighted by atomic mass is 19.1. The Morgan fingerprint density at radius 3 is 2.85 bits per heavy atom. The van der Waals surface area contributed by atoms with Crippen LogP contribution in [-0.2, 0) is 4.74 Å². The number of alkyl carbamates (subject to hydrolysis) is 1. The quantitative estimate of drug-likeness (QED) is 0.922. The zero-order valence-corrected chi connectivity index (χ0v) is 12.0. The van der Waals surface area contributed by atoms with Crippen LogP contribution >= 0.6 is 0 Å². The zero-order chi connectivity index (χ0) is 14.8. The molecule has 2 atom stereocenters. The van der Waals surface area contributed by atoms with Crippen molar-refractivity contribution in [1.82, 2.24) is 5.32 Å². The minimum atomic E-state index is -0.495. The minimum Gasteiger partial charge on any atom is -0.490 e. The summed E-state index contributed by atoms with van der Waals surface area (Å²) in [7, 11) is 0. The molecule has 0 radical (unpaired) electrons. The fraction of sp³-hybridized carbons (Fsp3) is 0.533. The predicted molar refractivity (Wildman–Crippen MR) is 73.2 cm³/mol. The van der Waals surface area contributed by atoms with Gasteiger partial charge in [0, 0.05) is 18.5 Å². The van der Waals surface area contributed by atoms with Crippen LogP contribution < -0.4 is 10.1 Å². The lowest BCUT2D eigenvalue weighted by molar-refractivity contribution is 0.0523. The molecule has 1 saturated carbocycles. The second-order valence-corrected chi connectivity index (χ2v) is 5.99. The van der Waals surface area contributed by atoms with E-state index in [4.69, 9.17) is 9.47 Å². The summed E-state index contributed by atoms with van der Waals surface area (Å²) in [5, 5.41) is 2.71. The van der Waals surface area contributed by atoms with Gasteiger partial charge in [-0.1, -0.05) is 6.07 Å². The Hall–Kier alpha value is -1.78. The molecule has 0 aliphatic heterocycles. The van der Waals surface area contributed by atoms with E-state index in [2.05, 4.69) is 5.32 Å². The number of amides is 1. The summed E-state index contributed by atoms with van der Waals surface area (Å²) in [6, 6.07) is 6.07. The van der Waals surface area contributed by atoms with E-state index in [-0.39, 0.29) is 17.8 Å². The third kappa shape index (κ3) is 4.72. The van der Waals surface area contributed by atoms with Crippen molar-refractivity contribution in [3.63, 3.8) is 0 Å². The lowest BCUT2D eigenvalue weighted by Gasteiger charge is -2.19. The molecule has 0 aromatic heterocycles. The van der Waals surface area contributed by atoms with Gasteiger partial charge in [-0.3, -0.25) is 0 Å². The molecule has 4 nitrogen and oxygen atoms in total. The summed E-state index contributed by atoms with van der Waals surface area (Å²) in [6.07, 6.45) is 0.465. The monoisotopic (exact) mass is 281 g/mol. The van der Waals surface area contributed by atoms with E-state index in [1.54, 1.807) is 12.1 Å². The summed E-state index contributed by atoms with van der Waals surface area (Å²) in [6.45, 7) is 5.97. The van der Waals surface area contributed by atoms with E-state index < -0.39 is 11.7 Å². The Morgan fingerprint density at radius 2 is 2.20 bits per heavy atom. The average molecular weight is 281 g/mol. The molecule has 110 valence electrons. The Labute approximate surface area is 118 Å². The van der Waals surface area contributed by atoms with Gasteiger partial charge in [0.15, 0.2) is 0 Å². The van der Waals surface area contributed by atoms with Gasteiger partial charge < -0.3 is 14.8 Å². The largest absolute Gasteiger partial charge is 0.490 e. The van der Waals surface area contributed by atoms with Gasteiger partial charge in [-0.25, -0.2) is 9.18 Å². The van der Waals surface area contributed by atoms with Gasteiger partial charge in [0.05, 0.1) is 0 Å². The standard InChI is InChI=1S/C15H20FNO3/c1-15(2,3)20-14(18)17-9-10-7-13(10)19-12-6-4-5-11(16)8-12/h4-6,8,10,13H,7,9H2,1-3H3,(H,17,18). The number of benzene rings is 1. The Morgan fingerprint density at radius 1 is 1.45 bits per heavy atom. The van der Waals surface area contributed by atoms with Crippen molar-refractivity contribution in [1.29, 1.82) is 0 Å². The molecule has 2 rings (SSSR count). The molecule has 20 heavy (non-hydrogen) atoms. The first-order valence-electron chi connectivity index (χ1n) is 6.72. The number of hydrogen-bond acceptors (Lipinski definition) is 3. The molecule has 5 heteroatoms.